The van der Waals surface area contributed by atoms with Crippen LogP contribution in [-0.2, 0) is 4.79 Å². The lowest BCUT2D eigenvalue weighted by Gasteiger charge is -2.31. The van der Waals surface area contributed by atoms with E-state index in [0.29, 0.717) is 6.61 Å². The molecule has 7 heteroatoms. The number of nitrogens with zero attached hydrogens (tertiary/aromatic N) is 2. The van der Waals surface area contributed by atoms with Gasteiger partial charge in [-0.05, 0) is 62.2 Å². The van der Waals surface area contributed by atoms with Crippen molar-refractivity contribution in [2.24, 2.45) is 5.92 Å². The number of piperidine rings is 1. The third-order valence-corrected chi connectivity index (χ3v) is 5.99. The fourth-order valence-electron chi connectivity index (χ4n) is 3.40. The number of thiazole rings is 1. The lowest BCUT2D eigenvalue weighted by atomic mass is 9.96. The first kappa shape index (κ1) is 18.7. The Bertz CT molecular complexity index is 965. The summed E-state index contributed by atoms with van der Waals surface area (Å²) in [7, 11) is 0. The molecule has 4 rings (SSSR count). The van der Waals surface area contributed by atoms with E-state index in [0.717, 1.165) is 52.7 Å². The molecule has 1 aliphatic heterocycles. The summed E-state index contributed by atoms with van der Waals surface area (Å²) in [6.07, 6.45) is 1.54. The number of amides is 1. The van der Waals surface area contributed by atoms with E-state index >= 15 is 0 Å². The Balaban J connectivity index is 1.34. The fourth-order valence-corrected chi connectivity index (χ4v) is 4.44. The number of hydrogen-bond acceptors (Lipinski definition) is 5. The van der Waals surface area contributed by atoms with Gasteiger partial charge in [-0.1, -0.05) is 11.3 Å². The molecule has 1 saturated heterocycles. The van der Waals surface area contributed by atoms with Crippen molar-refractivity contribution in [3.8, 4) is 5.75 Å². The Morgan fingerprint density at radius 2 is 2.00 bits per heavy atom. The zero-order valence-corrected chi connectivity index (χ0v) is 16.5. The number of halogens is 1. The van der Waals surface area contributed by atoms with E-state index in [1.54, 1.807) is 6.07 Å². The summed E-state index contributed by atoms with van der Waals surface area (Å²) in [5.41, 5.74) is 1.60. The second-order valence-corrected chi connectivity index (χ2v) is 7.83. The van der Waals surface area contributed by atoms with Gasteiger partial charge in [-0.15, -0.1) is 0 Å². The molecule has 0 bridgehead atoms. The third kappa shape index (κ3) is 4.09. The number of carbonyl (C=O) groups excluding carboxylic acids is 1. The first-order chi connectivity index (χ1) is 13.6. The van der Waals surface area contributed by atoms with E-state index in [9.17, 15) is 9.18 Å². The van der Waals surface area contributed by atoms with Gasteiger partial charge >= 0.3 is 0 Å². The van der Waals surface area contributed by atoms with Crippen LogP contribution in [0.3, 0.4) is 0 Å². The van der Waals surface area contributed by atoms with E-state index < -0.39 is 0 Å². The molecule has 3 aromatic rings. The number of fused-ring (bicyclic) bond motifs is 1. The smallest absolute Gasteiger partial charge is 0.227 e. The van der Waals surface area contributed by atoms with Gasteiger partial charge in [0.05, 0.1) is 16.8 Å². The molecule has 5 nitrogen and oxygen atoms in total. The molecule has 2 heterocycles. The number of rotatable bonds is 5. The van der Waals surface area contributed by atoms with E-state index in [-0.39, 0.29) is 17.6 Å². The highest BCUT2D eigenvalue weighted by atomic mass is 32.1. The zero-order valence-electron chi connectivity index (χ0n) is 15.7. The second kappa shape index (κ2) is 8.14. The van der Waals surface area contributed by atoms with Crippen LogP contribution in [0, 0.1) is 11.7 Å². The van der Waals surface area contributed by atoms with E-state index in [1.165, 1.54) is 23.5 Å². The van der Waals surface area contributed by atoms with Crippen molar-refractivity contribution < 1.29 is 13.9 Å². The Morgan fingerprint density at radius 3 is 2.71 bits per heavy atom. The summed E-state index contributed by atoms with van der Waals surface area (Å²) >= 11 is 1.50. The molecular formula is C21H22FN3O2S. The summed E-state index contributed by atoms with van der Waals surface area (Å²) in [6, 6.07) is 12.1. The van der Waals surface area contributed by atoms with E-state index in [1.807, 2.05) is 31.2 Å². The monoisotopic (exact) mass is 399 g/mol. The number of ether oxygens (including phenoxy) is 1. The molecule has 1 N–H and O–H groups in total. The summed E-state index contributed by atoms with van der Waals surface area (Å²) in [4.78, 5) is 19.4. The predicted molar refractivity (Wildman–Crippen MR) is 111 cm³/mol. The SMILES string of the molecule is CCOc1ccc(NC(=O)C2CCN(c3nc4ccc(F)cc4s3)CC2)cc1. The normalized spacial score (nSPS) is 15.0. The van der Waals surface area contributed by atoms with Crippen molar-refractivity contribution in [3.05, 3.63) is 48.3 Å². The molecule has 2 aromatic carbocycles. The quantitative estimate of drug-likeness (QED) is 0.676. The highest BCUT2D eigenvalue weighted by molar-refractivity contribution is 7.22. The summed E-state index contributed by atoms with van der Waals surface area (Å²) in [5, 5.41) is 3.89. The average Bonchev–Trinajstić information content (AvgIpc) is 3.13. The molecule has 0 saturated carbocycles. The lowest BCUT2D eigenvalue weighted by molar-refractivity contribution is -0.120. The number of nitrogens with one attached hydrogen (secondary N) is 1. The van der Waals surface area contributed by atoms with Crippen LogP contribution in [0.2, 0.25) is 0 Å². The molecular weight excluding hydrogens is 377 g/mol. The third-order valence-electron chi connectivity index (χ3n) is 4.91. The van der Waals surface area contributed by atoms with Gasteiger partial charge in [0.25, 0.3) is 0 Å². The van der Waals surface area contributed by atoms with Crippen molar-refractivity contribution in [1.82, 2.24) is 4.98 Å². The number of anilines is 2. The van der Waals surface area contributed by atoms with Crippen molar-refractivity contribution >= 4 is 38.3 Å². The fraction of sp³-hybridized carbons (Fsp3) is 0.333. The maximum atomic E-state index is 13.4. The number of benzene rings is 2. The Morgan fingerprint density at radius 1 is 1.25 bits per heavy atom. The standard InChI is InChI=1S/C21H22FN3O2S/c1-2-27-17-6-4-16(5-7-17)23-20(26)14-9-11-25(12-10-14)21-24-18-8-3-15(22)13-19(18)28-21/h3-8,13-14H,2,9-12H2,1H3,(H,23,26). The van der Waals surface area contributed by atoms with Crippen LogP contribution in [-0.4, -0.2) is 30.6 Å². The molecule has 1 amide bonds. The highest BCUT2D eigenvalue weighted by Crippen LogP contribution is 2.32. The summed E-state index contributed by atoms with van der Waals surface area (Å²) < 4.78 is 19.7. The molecule has 146 valence electrons. The molecule has 0 unspecified atom stereocenters. The predicted octanol–water partition coefficient (Wildman–Crippen LogP) is 4.69. The second-order valence-electron chi connectivity index (χ2n) is 6.82. The maximum Gasteiger partial charge on any atom is 0.227 e. The van der Waals surface area contributed by atoms with Gasteiger partial charge in [-0.2, -0.15) is 0 Å². The van der Waals surface area contributed by atoms with E-state index in [4.69, 9.17) is 4.74 Å². The van der Waals surface area contributed by atoms with Crippen molar-refractivity contribution in [2.75, 3.05) is 29.9 Å². The van der Waals surface area contributed by atoms with Gasteiger partial charge in [-0.3, -0.25) is 4.79 Å². The van der Waals surface area contributed by atoms with Crippen LogP contribution in [0.4, 0.5) is 15.2 Å². The maximum absolute atomic E-state index is 13.4. The molecule has 0 spiro atoms. The highest BCUT2D eigenvalue weighted by Gasteiger charge is 2.26. The Hall–Kier alpha value is -2.67. The van der Waals surface area contributed by atoms with Crippen molar-refractivity contribution in [2.45, 2.75) is 19.8 Å². The molecule has 28 heavy (non-hydrogen) atoms. The van der Waals surface area contributed by atoms with Gasteiger partial charge in [0.2, 0.25) is 5.91 Å². The van der Waals surface area contributed by atoms with Crippen LogP contribution in [0.1, 0.15) is 19.8 Å². The Labute approximate surface area is 167 Å². The summed E-state index contributed by atoms with van der Waals surface area (Å²) in [6.45, 7) is 4.09. The van der Waals surface area contributed by atoms with Gasteiger partial charge in [-0.25, -0.2) is 9.37 Å². The molecule has 0 radical (unpaired) electrons. The summed E-state index contributed by atoms with van der Waals surface area (Å²) in [5.74, 6) is 0.585. The minimum atomic E-state index is -0.243. The van der Waals surface area contributed by atoms with Crippen molar-refractivity contribution in [1.29, 1.82) is 0 Å². The van der Waals surface area contributed by atoms with Gasteiger partial charge in [0.15, 0.2) is 5.13 Å². The van der Waals surface area contributed by atoms with Crippen LogP contribution in [0.25, 0.3) is 10.2 Å². The van der Waals surface area contributed by atoms with Gasteiger partial charge in [0, 0.05) is 24.7 Å². The van der Waals surface area contributed by atoms with Gasteiger partial charge in [0.1, 0.15) is 11.6 Å². The molecule has 1 fully saturated rings. The van der Waals surface area contributed by atoms with Crippen LogP contribution in [0.15, 0.2) is 42.5 Å². The topological polar surface area (TPSA) is 54.5 Å². The first-order valence-electron chi connectivity index (χ1n) is 9.47. The van der Waals surface area contributed by atoms with Gasteiger partial charge < -0.3 is 15.0 Å². The molecule has 1 aliphatic rings. The van der Waals surface area contributed by atoms with Crippen LogP contribution >= 0.6 is 11.3 Å². The zero-order chi connectivity index (χ0) is 19.5. The van der Waals surface area contributed by atoms with Crippen LogP contribution < -0.4 is 15.0 Å². The first-order valence-corrected chi connectivity index (χ1v) is 10.3. The number of carbonyl (C=O) groups is 1. The van der Waals surface area contributed by atoms with Crippen molar-refractivity contribution in [3.63, 3.8) is 0 Å². The van der Waals surface area contributed by atoms with E-state index in [2.05, 4.69) is 15.2 Å². The molecule has 1 aromatic heterocycles. The number of hydrogen-bond donors (Lipinski definition) is 1. The molecule has 0 atom stereocenters. The minimum Gasteiger partial charge on any atom is -0.494 e. The molecule has 0 aliphatic carbocycles. The largest absolute Gasteiger partial charge is 0.494 e. The minimum absolute atomic E-state index is 0.0189. The Kier molecular flexibility index (Phi) is 5.43. The van der Waals surface area contributed by atoms with Crippen LogP contribution in [0.5, 0.6) is 5.75 Å². The lowest BCUT2D eigenvalue weighted by Crippen LogP contribution is -2.38. The average molecular weight is 399 g/mol. The number of aromatic nitrogens is 1.